The number of hydrogen-bond acceptors (Lipinski definition) is 4. The maximum atomic E-state index is 11.4. The predicted octanol–water partition coefficient (Wildman–Crippen LogP) is 2.61. The highest BCUT2D eigenvalue weighted by Gasteiger charge is 2.25. The van der Waals surface area contributed by atoms with Gasteiger partial charge in [0.25, 0.3) is 0 Å². The first-order valence-electron chi connectivity index (χ1n) is 6.38. The third kappa shape index (κ3) is 4.19. The van der Waals surface area contributed by atoms with Crippen molar-refractivity contribution < 1.29 is 19.0 Å². The summed E-state index contributed by atoms with van der Waals surface area (Å²) in [5, 5.41) is 0. The lowest BCUT2D eigenvalue weighted by atomic mass is 10.2. The Morgan fingerprint density at radius 2 is 2.00 bits per heavy atom. The quantitative estimate of drug-likeness (QED) is 0.604. The second-order valence-electron chi connectivity index (χ2n) is 4.35. The number of hydrogen-bond donors (Lipinski definition) is 0. The van der Waals surface area contributed by atoms with E-state index in [-0.39, 0.29) is 18.4 Å². The molecule has 0 unspecified atom stereocenters. The fourth-order valence-electron chi connectivity index (χ4n) is 1.82. The molecule has 0 spiro atoms. The Morgan fingerprint density at radius 1 is 1.32 bits per heavy atom. The molecule has 0 radical (unpaired) electrons. The predicted molar refractivity (Wildman–Crippen MR) is 70.4 cm³/mol. The number of benzene rings is 1. The molecule has 0 aromatic heterocycles. The van der Waals surface area contributed by atoms with Gasteiger partial charge in [-0.15, -0.1) is 6.58 Å². The molecule has 0 aliphatic carbocycles. The van der Waals surface area contributed by atoms with E-state index in [9.17, 15) is 4.79 Å². The first-order chi connectivity index (χ1) is 9.29. The smallest absolute Gasteiger partial charge is 0.306 e. The number of carbonyl (C=O) groups is 1. The van der Waals surface area contributed by atoms with Crippen LogP contribution in [0.15, 0.2) is 43.0 Å². The molecule has 1 aromatic rings. The fourth-order valence-corrected chi connectivity index (χ4v) is 1.82. The highest BCUT2D eigenvalue weighted by Crippen LogP contribution is 2.23. The van der Waals surface area contributed by atoms with E-state index in [1.807, 2.05) is 30.3 Å². The van der Waals surface area contributed by atoms with E-state index < -0.39 is 0 Å². The first kappa shape index (κ1) is 13.8. The molecule has 1 saturated heterocycles. The minimum atomic E-state index is -0.371. The van der Waals surface area contributed by atoms with Crippen molar-refractivity contribution in [2.45, 2.75) is 25.2 Å². The summed E-state index contributed by atoms with van der Waals surface area (Å²) >= 11 is 0. The van der Waals surface area contributed by atoms with Crippen LogP contribution in [0.4, 0.5) is 0 Å². The van der Waals surface area contributed by atoms with Gasteiger partial charge >= 0.3 is 5.97 Å². The van der Waals surface area contributed by atoms with Crippen LogP contribution >= 0.6 is 0 Å². The summed E-state index contributed by atoms with van der Waals surface area (Å²) in [4.78, 5) is 11.4. The minimum Gasteiger partial charge on any atom is -0.457 e. The molecule has 2 rings (SSSR count). The normalized spacial score (nSPS) is 22.7. The Hall–Kier alpha value is -1.65. The van der Waals surface area contributed by atoms with Crippen LogP contribution in [0.5, 0.6) is 0 Å². The van der Waals surface area contributed by atoms with Gasteiger partial charge < -0.3 is 14.2 Å². The van der Waals surface area contributed by atoms with E-state index in [1.54, 1.807) is 6.08 Å². The van der Waals surface area contributed by atoms with Crippen LogP contribution in [0.3, 0.4) is 0 Å². The van der Waals surface area contributed by atoms with Gasteiger partial charge in [0, 0.05) is 12.0 Å². The highest BCUT2D eigenvalue weighted by molar-refractivity contribution is 5.69. The second kappa shape index (κ2) is 7.07. The molecule has 102 valence electrons. The van der Waals surface area contributed by atoms with Crippen molar-refractivity contribution in [1.82, 2.24) is 0 Å². The van der Waals surface area contributed by atoms with Gasteiger partial charge in [-0.2, -0.15) is 0 Å². The molecule has 0 N–H and O–H groups in total. The van der Waals surface area contributed by atoms with Crippen molar-refractivity contribution >= 4 is 5.97 Å². The molecule has 1 aliphatic rings. The van der Waals surface area contributed by atoms with Gasteiger partial charge in [-0.1, -0.05) is 36.4 Å². The number of carbonyl (C=O) groups excluding carboxylic acids is 1. The Labute approximate surface area is 113 Å². The molecule has 4 heteroatoms. The maximum absolute atomic E-state index is 11.4. The summed E-state index contributed by atoms with van der Waals surface area (Å²) in [5.74, 6) is -0.240. The number of ether oxygens (including phenoxy) is 3. The molecule has 1 heterocycles. The lowest BCUT2D eigenvalue weighted by Crippen LogP contribution is -2.35. The van der Waals surface area contributed by atoms with E-state index in [4.69, 9.17) is 14.2 Å². The van der Waals surface area contributed by atoms with Crippen molar-refractivity contribution in [1.29, 1.82) is 0 Å². The largest absolute Gasteiger partial charge is 0.457 e. The Morgan fingerprint density at radius 3 is 2.63 bits per heavy atom. The molecule has 0 atom stereocenters. The van der Waals surface area contributed by atoms with Crippen LogP contribution in [-0.2, 0) is 19.0 Å². The molecular formula is C15H18O4. The molecular weight excluding hydrogens is 244 g/mol. The summed E-state index contributed by atoms with van der Waals surface area (Å²) in [6.45, 7) is 4.29. The summed E-state index contributed by atoms with van der Waals surface area (Å²) in [6, 6.07) is 9.70. The van der Waals surface area contributed by atoms with Gasteiger partial charge in [0.05, 0.1) is 13.2 Å². The topological polar surface area (TPSA) is 44.8 Å². The monoisotopic (exact) mass is 262 g/mol. The van der Waals surface area contributed by atoms with Gasteiger partial charge in [-0.05, 0) is 6.42 Å². The minimum absolute atomic E-state index is 0.240. The maximum Gasteiger partial charge on any atom is 0.306 e. The van der Waals surface area contributed by atoms with Crippen molar-refractivity contribution in [3.63, 3.8) is 0 Å². The lowest BCUT2D eigenvalue weighted by Gasteiger charge is -2.29. The second-order valence-corrected chi connectivity index (χ2v) is 4.35. The van der Waals surface area contributed by atoms with E-state index in [1.165, 1.54) is 0 Å². The molecule has 1 aromatic carbocycles. The highest BCUT2D eigenvalue weighted by atomic mass is 16.7. The third-order valence-electron chi connectivity index (χ3n) is 2.79. The van der Waals surface area contributed by atoms with Gasteiger partial charge in [0.15, 0.2) is 6.29 Å². The van der Waals surface area contributed by atoms with Crippen LogP contribution in [-0.4, -0.2) is 25.3 Å². The molecule has 0 amide bonds. The molecule has 1 fully saturated rings. The van der Waals surface area contributed by atoms with Gasteiger partial charge in [0.2, 0.25) is 0 Å². The molecule has 4 nitrogen and oxygen atoms in total. The number of esters is 1. The van der Waals surface area contributed by atoms with Gasteiger partial charge in [-0.25, -0.2) is 0 Å². The lowest BCUT2D eigenvalue weighted by molar-refractivity contribution is -0.229. The third-order valence-corrected chi connectivity index (χ3v) is 2.79. The number of rotatable bonds is 5. The Balaban J connectivity index is 1.76. The van der Waals surface area contributed by atoms with E-state index >= 15 is 0 Å². The summed E-state index contributed by atoms with van der Waals surface area (Å²) < 4.78 is 16.4. The van der Waals surface area contributed by atoms with Crippen LogP contribution in [0.1, 0.15) is 24.7 Å². The molecule has 0 bridgehead atoms. The summed E-state index contributed by atoms with van der Waals surface area (Å²) in [7, 11) is 0. The van der Waals surface area contributed by atoms with E-state index in [0.29, 0.717) is 26.1 Å². The summed E-state index contributed by atoms with van der Waals surface area (Å²) in [5.41, 5.74) is 0.971. The summed E-state index contributed by atoms with van der Waals surface area (Å²) in [6.07, 6.45) is 1.98. The van der Waals surface area contributed by atoms with Gasteiger partial charge in [0.1, 0.15) is 6.10 Å². The fraction of sp³-hybridized carbons (Fsp3) is 0.400. The van der Waals surface area contributed by atoms with Crippen molar-refractivity contribution in [3.8, 4) is 0 Å². The zero-order chi connectivity index (χ0) is 13.5. The van der Waals surface area contributed by atoms with Crippen molar-refractivity contribution in [2.24, 2.45) is 0 Å². The van der Waals surface area contributed by atoms with Crippen LogP contribution < -0.4 is 0 Å². The van der Waals surface area contributed by atoms with Crippen molar-refractivity contribution in [3.05, 3.63) is 48.6 Å². The zero-order valence-electron chi connectivity index (χ0n) is 10.8. The van der Waals surface area contributed by atoms with E-state index in [0.717, 1.165) is 5.56 Å². The zero-order valence-corrected chi connectivity index (χ0v) is 10.8. The van der Waals surface area contributed by atoms with E-state index in [2.05, 4.69) is 6.58 Å². The molecule has 1 aliphatic heterocycles. The van der Waals surface area contributed by atoms with Gasteiger partial charge in [-0.3, -0.25) is 4.79 Å². The SMILES string of the molecule is C=CCCC(=O)OC1COC(c2ccccc2)OC1. The van der Waals surface area contributed by atoms with Crippen LogP contribution in [0, 0.1) is 0 Å². The van der Waals surface area contributed by atoms with Crippen LogP contribution in [0.25, 0.3) is 0 Å². The molecule has 0 saturated carbocycles. The average Bonchev–Trinajstić information content (AvgIpc) is 2.47. The number of allylic oxidation sites excluding steroid dienone is 1. The van der Waals surface area contributed by atoms with Crippen LogP contribution in [0.2, 0.25) is 0 Å². The Kier molecular flexibility index (Phi) is 5.12. The van der Waals surface area contributed by atoms with Crippen molar-refractivity contribution in [2.75, 3.05) is 13.2 Å². The molecule has 19 heavy (non-hydrogen) atoms. The first-order valence-corrected chi connectivity index (χ1v) is 6.38. The standard InChI is InChI=1S/C15H18O4/c1-2-3-9-14(16)19-13-10-17-15(18-11-13)12-7-5-4-6-8-12/h2,4-8,13,15H,1,3,9-11H2. The Bertz CT molecular complexity index is 407. The average molecular weight is 262 g/mol.